The Morgan fingerprint density at radius 2 is 1.21 bits per heavy atom. The largest absolute Gasteiger partial charge is 0.493 e. The SMILES string of the molecule is C=CCOC(=O)Nc1cc(OCCCCCOc2cc(NC(=O)OCc3ccc(NC(=O)[C@H](CCCNC(N)=O)NC(=O)C4(C(=O)OCC=C)CCC4)cc3)c(C(=O)N3CC(=C)C[C@H]3CO)cc2OC)c(OC)cc1C(=O)N1CC(=C)C[C@H]1CO. The number of nitrogens with zero attached hydrogens (tertiary/aromatic N) is 2. The molecule has 2 saturated heterocycles. The number of urea groups is 1. The van der Waals surface area contributed by atoms with Gasteiger partial charge in [0.25, 0.3) is 11.8 Å². The summed E-state index contributed by atoms with van der Waals surface area (Å²) in [5.74, 6) is -2.09. The van der Waals surface area contributed by atoms with E-state index in [1.165, 1.54) is 60.4 Å². The number of nitrogens with one attached hydrogen (secondary N) is 5. The second-order valence-electron chi connectivity index (χ2n) is 20.5. The van der Waals surface area contributed by atoms with E-state index in [0.29, 0.717) is 49.8 Å². The number of hydrogen-bond acceptors (Lipinski definition) is 17. The number of benzene rings is 3. The quantitative estimate of drug-likeness (QED) is 0.0118. The molecule has 0 aromatic heterocycles. The van der Waals surface area contributed by atoms with Gasteiger partial charge in [-0.2, -0.15) is 0 Å². The van der Waals surface area contributed by atoms with Crippen molar-refractivity contribution >= 4 is 64.9 Å². The van der Waals surface area contributed by atoms with Crippen LogP contribution in [0.5, 0.6) is 23.0 Å². The lowest BCUT2D eigenvalue weighted by atomic mass is 9.68. The van der Waals surface area contributed by atoms with Gasteiger partial charge in [-0.1, -0.05) is 68.2 Å². The Hall–Kier alpha value is -9.10. The van der Waals surface area contributed by atoms with Crippen molar-refractivity contribution in [1.29, 1.82) is 0 Å². The van der Waals surface area contributed by atoms with Gasteiger partial charge < -0.3 is 74.9 Å². The van der Waals surface area contributed by atoms with Gasteiger partial charge in [-0.15, -0.1) is 0 Å². The van der Waals surface area contributed by atoms with Crippen molar-refractivity contribution in [2.45, 2.75) is 88.9 Å². The number of ether oxygens (including phenoxy) is 7. The van der Waals surface area contributed by atoms with Crippen molar-refractivity contribution in [1.82, 2.24) is 20.4 Å². The van der Waals surface area contributed by atoms with Gasteiger partial charge in [0.15, 0.2) is 23.0 Å². The van der Waals surface area contributed by atoms with E-state index in [1.807, 2.05) is 0 Å². The molecule has 3 atom stereocenters. The molecule has 3 aliphatic rings. The molecule has 2 heterocycles. The Labute approximate surface area is 492 Å². The summed E-state index contributed by atoms with van der Waals surface area (Å²) in [6.07, 6.45) is 4.94. The molecule has 1 saturated carbocycles. The molecular formula is C60H76N8O17. The number of esters is 1. The molecule has 1 aliphatic carbocycles. The summed E-state index contributed by atoms with van der Waals surface area (Å²) in [7, 11) is 2.82. The first-order valence-corrected chi connectivity index (χ1v) is 27.8. The lowest BCUT2D eigenvalue weighted by Crippen LogP contribution is -2.56. The Bertz CT molecular complexity index is 2960. The number of aliphatic hydroxyl groups is 2. The summed E-state index contributed by atoms with van der Waals surface area (Å²) in [5.41, 5.74) is 6.35. The molecule has 458 valence electrons. The molecule has 6 rings (SSSR count). The molecule has 8 amide bonds. The predicted molar refractivity (Wildman–Crippen MR) is 312 cm³/mol. The molecule has 0 radical (unpaired) electrons. The molecule has 2 aliphatic heterocycles. The Morgan fingerprint density at radius 1 is 0.694 bits per heavy atom. The number of anilines is 3. The third-order valence-corrected chi connectivity index (χ3v) is 14.4. The van der Waals surface area contributed by atoms with Gasteiger partial charge in [0.05, 0.1) is 75.2 Å². The minimum atomic E-state index is -1.44. The second-order valence-corrected chi connectivity index (χ2v) is 20.5. The smallest absolute Gasteiger partial charge is 0.411 e. The number of hydrogen-bond donors (Lipinski definition) is 8. The second kappa shape index (κ2) is 31.5. The van der Waals surface area contributed by atoms with Crippen LogP contribution in [0.25, 0.3) is 0 Å². The fraction of sp³-hybridized carbons (Fsp3) is 0.433. The highest BCUT2D eigenvalue weighted by molar-refractivity contribution is 6.07. The van der Waals surface area contributed by atoms with Crippen LogP contribution in [0.15, 0.2) is 98.1 Å². The van der Waals surface area contributed by atoms with Crippen molar-refractivity contribution in [2.75, 3.05) is 89.4 Å². The van der Waals surface area contributed by atoms with Crippen LogP contribution in [-0.2, 0) is 35.2 Å². The van der Waals surface area contributed by atoms with Crippen LogP contribution < -0.4 is 51.3 Å². The van der Waals surface area contributed by atoms with Gasteiger partial charge in [0.2, 0.25) is 11.8 Å². The molecule has 3 aromatic rings. The van der Waals surface area contributed by atoms with Gasteiger partial charge in [-0.25, -0.2) is 14.4 Å². The lowest BCUT2D eigenvalue weighted by Gasteiger charge is -2.38. The van der Waals surface area contributed by atoms with Crippen LogP contribution in [0.1, 0.15) is 90.5 Å². The number of amides is 8. The Morgan fingerprint density at radius 3 is 1.68 bits per heavy atom. The van der Waals surface area contributed by atoms with E-state index in [2.05, 4.69) is 52.9 Å². The molecule has 0 bridgehead atoms. The minimum absolute atomic E-state index is 0.0248. The minimum Gasteiger partial charge on any atom is -0.493 e. The van der Waals surface area contributed by atoms with Crippen LogP contribution in [0.2, 0.25) is 0 Å². The maximum atomic E-state index is 14.2. The van der Waals surface area contributed by atoms with Gasteiger partial charge in [0.1, 0.15) is 31.3 Å². The van der Waals surface area contributed by atoms with Crippen LogP contribution in [0, 0.1) is 5.41 Å². The van der Waals surface area contributed by atoms with Crippen molar-refractivity contribution in [3.05, 3.63) is 115 Å². The first-order valence-electron chi connectivity index (χ1n) is 27.8. The molecular weight excluding hydrogens is 1100 g/mol. The van der Waals surface area contributed by atoms with Gasteiger partial charge in [-0.05, 0) is 87.6 Å². The number of primary amides is 1. The number of aliphatic hydroxyl groups excluding tert-OH is 2. The summed E-state index contributed by atoms with van der Waals surface area (Å²) >= 11 is 0. The molecule has 3 fully saturated rings. The molecule has 25 nitrogen and oxygen atoms in total. The zero-order valence-corrected chi connectivity index (χ0v) is 48.0. The van der Waals surface area contributed by atoms with E-state index in [4.69, 9.17) is 38.9 Å². The van der Waals surface area contributed by atoms with Crippen molar-refractivity contribution in [2.24, 2.45) is 11.1 Å². The van der Waals surface area contributed by atoms with E-state index in [9.17, 15) is 48.6 Å². The topological polar surface area (TPSA) is 334 Å². The predicted octanol–water partition coefficient (Wildman–Crippen LogP) is 6.11. The first-order chi connectivity index (χ1) is 40.9. The van der Waals surface area contributed by atoms with E-state index in [1.54, 1.807) is 24.3 Å². The van der Waals surface area contributed by atoms with Crippen LogP contribution >= 0.6 is 0 Å². The summed E-state index contributed by atoms with van der Waals surface area (Å²) in [4.78, 5) is 109. The average Bonchev–Trinajstić information content (AvgIpc) is 3.08. The monoisotopic (exact) mass is 1180 g/mol. The van der Waals surface area contributed by atoms with Crippen molar-refractivity contribution in [3.8, 4) is 23.0 Å². The molecule has 3 aromatic carbocycles. The molecule has 25 heteroatoms. The zero-order chi connectivity index (χ0) is 61.6. The van der Waals surface area contributed by atoms with E-state index in [0.717, 1.165) is 11.1 Å². The molecule has 0 spiro atoms. The van der Waals surface area contributed by atoms with E-state index >= 15 is 0 Å². The Balaban J connectivity index is 1.08. The van der Waals surface area contributed by atoms with E-state index in [-0.39, 0.29) is 137 Å². The number of carbonyl (C=O) groups excluding carboxylic acids is 8. The molecule has 85 heavy (non-hydrogen) atoms. The maximum absolute atomic E-state index is 14.2. The van der Waals surface area contributed by atoms with E-state index < -0.39 is 71.4 Å². The third kappa shape index (κ3) is 17.5. The number of nitrogens with two attached hydrogens (primary N) is 1. The summed E-state index contributed by atoms with van der Waals surface area (Å²) in [6, 6.07) is 9.22. The normalized spacial score (nSPS) is 16.1. The van der Waals surface area contributed by atoms with Crippen LogP contribution in [0.4, 0.5) is 31.4 Å². The summed E-state index contributed by atoms with van der Waals surface area (Å²) < 4.78 is 39.5. The highest BCUT2D eigenvalue weighted by atomic mass is 16.6. The fourth-order valence-electron chi connectivity index (χ4n) is 9.74. The average molecular weight is 1180 g/mol. The number of rotatable bonds is 31. The number of unbranched alkanes of at least 4 members (excludes halogenated alkanes) is 2. The van der Waals surface area contributed by atoms with Crippen LogP contribution in [-0.4, -0.2) is 159 Å². The highest BCUT2D eigenvalue weighted by Gasteiger charge is 2.53. The Kier molecular flexibility index (Phi) is 24.1. The van der Waals surface area contributed by atoms with Gasteiger partial charge >= 0.3 is 24.2 Å². The molecule has 0 unspecified atom stereocenters. The summed E-state index contributed by atoms with van der Waals surface area (Å²) in [5, 5.41) is 33.3. The molecule has 9 N–H and O–H groups in total. The lowest BCUT2D eigenvalue weighted by molar-refractivity contribution is -0.167. The van der Waals surface area contributed by atoms with Gasteiger partial charge in [-0.3, -0.25) is 34.6 Å². The first kappa shape index (κ1) is 65.1. The maximum Gasteiger partial charge on any atom is 0.411 e. The van der Waals surface area contributed by atoms with Crippen molar-refractivity contribution < 1.29 is 81.7 Å². The van der Waals surface area contributed by atoms with Gasteiger partial charge in [0, 0.05) is 37.5 Å². The number of methoxy groups -OCH3 is 2. The zero-order valence-electron chi connectivity index (χ0n) is 48.0. The number of carbonyl (C=O) groups is 8. The van der Waals surface area contributed by atoms with Crippen LogP contribution in [0.3, 0.4) is 0 Å². The fourth-order valence-corrected chi connectivity index (χ4v) is 9.74. The standard InChI is InChI=1S/C60H76N8O17/c1-7-22-83-56(75)60(19-13-20-60)55(74)64-45(14-12-21-62-57(61)76)52(71)63-40-17-15-39(16-18-40)36-85-59(78)66-47-31-51(49(80-6)29-44(47)54(73)68-33-38(4)27-42(68)35-70)82-25-11-9-10-24-81-50-30-46(65-58(77)84-23-8-2)43(28-48(50)79-5)53(72)67-32-37(3)26-41(67)34-69/h7-8,15-18,28-31,41-42,45,69-70H,1-4,9-14,19-27,32-36H2,5-6H3,(H,63,71)(H,64,74)(H,65,77)(H,66,78)(H3,61,62,76)/t41-,42-,45-/m0/s1. The highest BCUT2D eigenvalue weighted by Crippen LogP contribution is 2.43. The number of likely N-dealkylation sites (tertiary alicyclic amines) is 2. The van der Waals surface area contributed by atoms with Crippen molar-refractivity contribution in [3.63, 3.8) is 0 Å². The summed E-state index contributed by atoms with van der Waals surface area (Å²) in [6.45, 7) is 15.0. The third-order valence-electron chi connectivity index (χ3n) is 14.4.